The first-order chi connectivity index (χ1) is 18.0. The van der Waals surface area contributed by atoms with Crippen LogP contribution in [-0.4, -0.2) is 68.8 Å². The number of benzene rings is 1. The van der Waals surface area contributed by atoms with Gasteiger partial charge in [-0.2, -0.15) is 0 Å². The number of carbonyl (C=O) groups excluding carboxylic acids is 4. The third-order valence-corrected chi connectivity index (χ3v) is 5.61. The Morgan fingerprint density at radius 1 is 0.921 bits per heavy atom. The molecule has 0 aliphatic rings. The van der Waals surface area contributed by atoms with Crippen LogP contribution in [0.1, 0.15) is 37.9 Å². The molecule has 0 bridgehead atoms. The molecule has 13 heteroatoms. The highest BCUT2D eigenvalue weighted by molar-refractivity contribution is 5.96. The number of hydrogen-bond acceptors (Lipinski definition) is 7. The molecule has 0 saturated heterocycles. The number of primary amides is 1. The van der Waals surface area contributed by atoms with Crippen LogP contribution in [0.2, 0.25) is 0 Å². The smallest absolute Gasteiger partial charge is 0.326 e. The van der Waals surface area contributed by atoms with Crippen LogP contribution in [0.25, 0.3) is 0 Å². The third kappa shape index (κ3) is 10.0. The molecule has 2 rings (SSSR count). The van der Waals surface area contributed by atoms with Crippen LogP contribution < -0.4 is 27.4 Å². The Bertz CT molecular complexity index is 1090. The summed E-state index contributed by atoms with van der Waals surface area (Å²) in [5, 5.41) is 17.0. The van der Waals surface area contributed by atoms with Crippen LogP contribution in [0, 0.1) is 5.92 Å². The zero-order valence-corrected chi connectivity index (χ0v) is 21.3. The molecule has 0 saturated carbocycles. The van der Waals surface area contributed by atoms with Crippen molar-refractivity contribution in [2.24, 2.45) is 17.4 Å². The molecule has 0 fully saturated rings. The molecule has 0 radical (unpaired) electrons. The van der Waals surface area contributed by atoms with Crippen molar-refractivity contribution in [3.05, 3.63) is 54.1 Å². The second kappa shape index (κ2) is 14.5. The van der Waals surface area contributed by atoms with E-state index in [1.54, 1.807) is 30.3 Å². The second-order valence-electron chi connectivity index (χ2n) is 9.40. The Hall–Kier alpha value is -4.26. The molecule has 1 aromatic carbocycles. The van der Waals surface area contributed by atoms with Crippen molar-refractivity contribution in [3.63, 3.8) is 0 Å². The molecular formula is C25H35N7O6. The summed E-state index contributed by atoms with van der Waals surface area (Å²) in [5.41, 5.74) is 12.5. The number of H-pyrrole nitrogens is 1. The van der Waals surface area contributed by atoms with E-state index in [-0.39, 0.29) is 25.2 Å². The van der Waals surface area contributed by atoms with Crippen molar-refractivity contribution in [3.8, 4) is 0 Å². The van der Waals surface area contributed by atoms with Crippen LogP contribution in [0.15, 0.2) is 42.9 Å². The van der Waals surface area contributed by atoms with Gasteiger partial charge in [-0.3, -0.25) is 19.2 Å². The first-order valence-corrected chi connectivity index (χ1v) is 12.1. The topological polar surface area (TPSA) is 222 Å². The van der Waals surface area contributed by atoms with E-state index in [0.717, 1.165) is 0 Å². The average molecular weight is 530 g/mol. The molecule has 0 spiro atoms. The maximum absolute atomic E-state index is 13.2. The molecule has 1 heterocycles. The SMILES string of the molecule is CC(C)CC(NC(=O)C(Cc1ccccc1)NC(=O)C(CC(N)=O)NC(=O)C(N)Cc1cnc[nH]1)C(=O)O. The van der Waals surface area contributed by atoms with Crippen molar-refractivity contribution >= 4 is 29.6 Å². The molecule has 38 heavy (non-hydrogen) atoms. The fourth-order valence-electron chi connectivity index (χ4n) is 3.71. The largest absolute Gasteiger partial charge is 0.480 e. The van der Waals surface area contributed by atoms with Crippen LogP contribution in [0.4, 0.5) is 0 Å². The molecule has 0 aliphatic carbocycles. The Kier molecular flexibility index (Phi) is 11.4. The van der Waals surface area contributed by atoms with E-state index in [1.807, 2.05) is 13.8 Å². The van der Waals surface area contributed by atoms with Gasteiger partial charge in [0.1, 0.15) is 18.1 Å². The first-order valence-electron chi connectivity index (χ1n) is 12.1. The number of amides is 4. The number of aromatic amines is 1. The van der Waals surface area contributed by atoms with Crippen LogP contribution >= 0.6 is 0 Å². The minimum absolute atomic E-state index is 0.0142. The fourth-order valence-corrected chi connectivity index (χ4v) is 3.71. The number of hydrogen-bond donors (Lipinski definition) is 7. The number of rotatable bonds is 15. The van der Waals surface area contributed by atoms with Gasteiger partial charge in [0.2, 0.25) is 23.6 Å². The number of nitrogens with two attached hydrogens (primary N) is 2. The summed E-state index contributed by atoms with van der Waals surface area (Å²) >= 11 is 0. The summed E-state index contributed by atoms with van der Waals surface area (Å²) in [4.78, 5) is 69.0. The van der Waals surface area contributed by atoms with Gasteiger partial charge in [0.15, 0.2) is 0 Å². The Morgan fingerprint density at radius 3 is 2.08 bits per heavy atom. The lowest BCUT2D eigenvalue weighted by molar-refractivity contribution is -0.143. The van der Waals surface area contributed by atoms with E-state index in [2.05, 4.69) is 25.9 Å². The highest BCUT2D eigenvalue weighted by Crippen LogP contribution is 2.09. The molecule has 13 nitrogen and oxygen atoms in total. The highest BCUT2D eigenvalue weighted by Gasteiger charge is 2.31. The third-order valence-electron chi connectivity index (χ3n) is 5.61. The minimum atomic E-state index is -1.41. The Morgan fingerprint density at radius 2 is 1.53 bits per heavy atom. The number of aromatic nitrogens is 2. The van der Waals surface area contributed by atoms with Gasteiger partial charge in [-0.25, -0.2) is 9.78 Å². The number of nitrogens with zero attached hydrogens (tertiary/aromatic N) is 1. The molecule has 206 valence electrons. The summed E-state index contributed by atoms with van der Waals surface area (Å²) in [6.07, 6.45) is 2.69. The molecule has 4 unspecified atom stereocenters. The van der Waals surface area contributed by atoms with E-state index >= 15 is 0 Å². The predicted molar refractivity (Wildman–Crippen MR) is 137 cm³/mol. The number of carboxylic acids is 1. The number of imidazole rings is 1. The molecule has 1 aromatic heterocycles. The van der Waals surface area contributed by atoms with Gasteiger partial charge in [0, 0.05) is 24.7 Å². The van der Waals surface area contributed by atoms with Gasteiger partial charge in [-0.15, -0.1) is 0 Å². The molecule has 0 aliphatic heterocycles. The summed E-state index contributed by atoms with van der Waals surface area (Å²) in [6, 6.07) is 3.93. The normalized spacial score (nSPS) is 14.1. The molecule has 9 N–H and O–H groups in total. The number of aliphatic carboxylic acids is 1. The fraction of sp³-hybridized carbons (Fsp3) is 0.440. The van der Waals surface area contributed by atoms with Gasteiger partial charge < -0.3 is 37.5 Å². The summed E-state index contributed by atoms with van der Waals surface area (Å²) in [7, 11) is 0. The van der Waals surface area contributed by atoms with Gasteiger partial charge in [0.25, 0.3) is 0 Å². The quantitative estimate of drug-likeness (QED) is 0.151. The van der Waals surface area contributed by atoms with Crippen molar-refractivity contribution in [1.29, 1.82) is 0 Å². The summed E-state index contributed by atoms with van der Waals surface area (Å²) in [6.45, 7) is 3.64. The van der Waals surface area contributed by atoms with E-state index in [4.69, 9.17) is 11.5 Å². The maximum Gasteiger partial charge on any atom is 0.326 e. The maximum atomic E-state index is 13.2. The average Bonchev–Trinajstić information content (AvgIpc) is 3.35. The van der Waals surface area contributed by atoms with E-state index in [0.29, 0.717) is 11.3 Å². The molecule has 2 aromatic rings. The zero-order valence-electron chi connectivity index (χ0n) is 21.3. The van der Waals surface area contributed by atoms with E-state index < -0.39 is 60.2 Å². The van der Waals surface area contributed by atoms with Gasteiger partial charge >= 0.3 is 5.97 Å². The summed E-state index contributed by atoms with van der Waals surface area (Å²) < 4.78 is 0. The van der Waals surface area contributed by atoms with Gasteiger partial charge in [-0.05, 0) is 17.9 Å². The molecule has 4 amide bonds. The lowest BCUT2D eigenvalue weighted by atomic mass is 10.0. The standard InChI is InChI=1S/C25H35N7O6/c1-14(2)8-20(25(37)38)32-23(35)18(9-15-6-4-3-5-7-15)31-24(36)19(11-21(27)33)30-22(34)17(26)10-16-12-28-13-29-16/h3-7,12-14,17-20H,8-11,26H2,1-2H3,(H2,27,33)(H,28,29)(H,30,34)(H,31,36)(H,32,35)(H,37,38). The zero-order chi connectivity index (χ0) is 28.2. The van der Waals surface area contributed by atoms with E-state index in [9.17, 15) is 29.1 Å². The van der Waals surface area contributed by atoms with Gasteiger partial charge in [-0.1, -0.05) is 44.2 Å². The Balaban J connectivity index is 2.20. The molecular weight excluding hydrogens is 494 g/mol. The van der Waals surface area contributed by atoms with Crippen molar-refractivity contribution in [1.82, 2.24) is 25.9 Å². The predicted octanol–water partition coefficient (Wildman–Crippen LogP) is -1.02. The lowest BCUT2D eigenvalue weighted by Gasteiger charge is -2.25. The van der Waals surface area contributed by atoms with Crippen molar-refractivity contribution in [2.45, 2.75) is 63.7 Å². The lowest BCUT2D eigenvalue weighted by Crippen LogP contribution is -2.58. The second-order valence-corrected chi connectivity index (χ2v) is 9.40. The van der Waals surface area contributed by atoms with Crippen molar-refractivity contribution in [2.75, 3.05) is 0 Å². The van der Waals surface area contributed by atoms with Crippen LogP contribution in [0.5, 0.6) is 0 Å². The highest BCUT2D eigenvalue weighted by atomic mass is 16.4. The monoisotopic (exact) mass is 529 g/mol. The van der Waals surface area contributed by atoms with Gasteiger partial charge in [0.05, 0.1) is 18.8 Å². The number of carboxylic acid groups (broad SMARTS) is 1. The van der Waals surface area contributed by atoms with E-state index in [1.165, 1.54) is 12.5 Å². The van der Waals surface area contributed by atoms with Crippen LogP contribution in [-0.2, 0) is 36.8 Å². The number of carbonyl (C=O) groups is 5. The summed E-state index contributed by atoms with van der Waals surface area (Å²) in [5.74, 6) is -4.37. The minimum Gasteiger partial charge on any atom is -0.480 e. The Labute approximate surface area is 220 Å². The number of nitrogens with one attached hydrogen (secondary N) is 4. The van der Waals surface area contributed by atoms with Crippen molar-refractivity contribution < 1.29 is 29.1 Å². The molecule has 4 atom stereocenters. The first kappa shape index (κ1) is 30.0. The van der Waals surface area contributed by atoms with Crippen LogP contribution in [0.3, 0.4) is 0 Å².